The molecule has 0 atom stereocenters. The Morgan fingerprint density at radius 3 is 3.08 bits per heavy atom. The lowest BCUT2D eigenvalue weighted by molar-refractivity contribution is 0.232. The number of hydroxylamine groups is 1. The molecule has 0 aliphatic heterocycles. The minimum absolute atomic E-state index is 0.0426. The molecule has 1 aromatic rings. The van der Waals surface area contributed by atoms with Gasteiger partial charge in [-0.15, -0.1) is 11.3 Å². The van der Waals surface area contributed by atoms with Gasteiger partial charge in [0.1, 0.15) is 0 Å². The second kappa shape index (κ2) is 4.08. The zero-order valence-electron chi connectivity index (χ0n) is 6.74. The van der Waals surface area contributed by atoms with Gasteiger partial charge in [-0.2, -0.15) is 0 Å². The Labute approximate surface area is 74.7 Å². The van der Waals surface area contributed by atoms with Crippen LogP contribution in [0.25, 0.3) is 0 Å². The van der Waals surface area contributed by atoms with Crippen molar-refractivity contribution in [1.29, 1.82) is 0 Å². The van der Waals surface area contributed by atoms with Crippen LogP contribution in [0.2, 0.25) is 0 Å². The van der Waals surface area contributed by atoms with E-state index in [1.54, 1.807) is 16.8 Å². The summed E-state index contributed by atoms with van der Waals surface area (Å²) in [7, 11) is 0. The third-order valence-corrected chi connectivity index (χ3v) is 2.34. The van der Waals surface area contributed by atoms with E-state index in [1.165, 1.54) is 5.56 Å². The van der Waals surface area contributed by atoms with Crippen LogP contribution in [0.3, 0.4) is 0 Å². The molecule has 5 heteroatoms. The third-order valence-electron chi connectivity index (χ3n) is 1.30. The van der Waals surface area contributed by atoms with Crippen molar-refractivity contribution in [3.05, 3.63) is 21.9 Å². The largest absolute Gasteiger partial charge is 0.368 e. The molecule has 0 aliphatic carbocycles. The molecule has 0 aromatic carbocycles. The highest BCUT2D eigenvalue weighted by molar-refractivity contribution is 7.10. The average Bonchev–Trinajstić information content (AvgIpc) is 2.47. The average molecular weight is 185 g/mol. The second-order valence-corrected chi connectivity index (χ2v) is 3.40. The van der Waals surface area contributed by atoms with Crippen molar-refractivity contribution in [2.75, 3.05) is 0 Å². The molecular weight excluding hydrogens is 174 g/mol. The van der Waals surface area contributed by atoms with E-state index >= 15 is 0 Å². The van der Waals surface area contributed by atoms with E-state index in [0.29, 0.717) is 6.54 Å². The summed E-state index contributed by atoms with van der Waals surface area (Å²) in [5.74, 6) is 0.0426. The Balaban J connectivity index is 2.53. The fraction of sp³-hybridized carbons (Fsp3) is 0.286. The minimum Gasteiger partial charge on any atom is -0.368 e. The van der Waals surface area contributed by atoms with Crippen LogP contribution in [0.1, 0.15) is 10.4 Å². The molecule has 0 amide bonds. The van der Waals surface area contributed by atoms with Gasteiger partial charge in [0.05, 0.1) is 6.54 Å². The summed E-state index contributed by atoms with van der Waals surface area (Å²) in [6, 6.07) is 2.04. The first-order chi connectivity index (χ1) is 5.72. The van der Waals surface area contributed by atoms with Gasteiger partial charge in [0.25, 0.3) is 0 Å². The highest BCUT2D eigenvalue weighted by atomic mass is 32.1. The van der Waals surface area contributed by atoms with Crippen molar-refractivity contribution in [3.63, 3.8) is 0 Å². The highest BCUT2D eigenvalue weighted by Gasteiger charge is 1.94. The number of nitrogens with one attached hydrogen (secondary N) is 1. The number of thiophene rings is 1. The van der Waals surface area contributed by atoms with E-state index in [2.05, 4.69) is 4.99 Å². The van der Waals surface area contributed by atoms with E-state index in [1.807, 2.05) is 18.4 Å². The predicted octanol–water partition coefficient (Wildman–Crippen LogP) is 0.850. The van der Waals surface area contributed by atoms with Gasteiger partial charge >= 0.3 is 0 Å². The molecular formula is C7H11N3OS. The van der Waals surface area contributed by atoms with E-state index in [-0.39, 0.29) is 5.96 Å². The van der Waals surface area contributed by atoms with Gasteiger partial charge in [0.2, 0.25) is 5.96 Å². The zero-order valence-corrected chi connectivity index (χ0v) is 7.56. The number of rotatable bonds is 2. The van der Waals surface area contributed by atoms with Crippen molar-refractivity contribution in [3.8, 4) is 0 Å². The summed E-state index contributed by atoms with van der Waals surface area (Å²) >= 11 is 1.63. The van der Waals surface area contributed by atoms with Gasteiger partial charge < -0.3 is 5.73 Å². The molecule has 0 fully saturated rings. The Morgan fingerprint density at radius 1 is 1.83 bits per heavy atom. The van der Waals surface area contributed by atoms with Crippen LogP contribution in [0.4, 0.5) is 0 Å². The van der Waals surface area contributed by atoms with Gasteiger partial charge in [0, 0.05) is 4.88 Å². The molecule has 0 saturated carbocycles. The molecule has 0 saturated heterocycles. The number of hydrogen-bond donors (Lipinski definition) is 3. The second-order valence-electron chi connectivity index (χ2n) is 2.40. The van der Waals surface area contributed by atoms with Crippen LogP contribution in [0, 0.1) is 6.92 Å². The van der Waals surface area contributed by atoms with Crippen molar-refractivity contribution in [1.82, 2.24) is 5.48 Å². The molecule has 0 spiro atoms. The van der Waals surface area contributed by atoms with Crippen LogP contribution in [-0.2, 0) is 6.54 Å². The zero-order chi connectivity index (χ0) is 8.97. The first-order valence-electron chi connectivity index (χ1n) is 3.46. The van der Waals surface area contributed by atoms with E-state index in [9.17, 15) is 0 Å². The molecule has 66 valence electrons. The maximum Gasteiger partial charge on any atom is 0.213 e. The van der Waals surface area contributed by atoms with Crippen molar-refractivity contribution in [2.24, 2.45) is 10.7 Å². The number of aliphatic imine (C=N–C) groups is 1. The molecule has 0 radical (unpaired) electrons. The SMILES string of the molecule is Cc1csc(CN=C(N)NO)c1. The van der Waals surface area contributed by atoms with Crippen LogP contribution < -0.4 is 11.2 Å². The summed E-state index contributed by atoms with van der Waals surface area (Å²) in [6.07, 6.45) is 0. The Kier molecular flexibility index (Phi) is 3.07. The molecule has 0 bridgehead atoms. The van der Waals surface area contributed by atoms with Crippen LogP contribution in [-0.4, -0.2) is 11.2 Å². The molecule has 1 aromatic heterocycles. The molecule has 4 N–H and O–H groups in total. The molecule has 1 heterocycles. The Hall–Kier alpha value is -1.07. The lowest BCUT2D eigenvalue weighted by Crippen LogP contribution is -2.28. The van der Waals surface area contributed by atoms with E-state index in [4.69, 9.17) is 10.9 Å². The van der Waals surface area contributed by atoms with Crippen LogP contribution in [0.5, 0.6) is 0 Å². The van der Waals surface area contributed by atoms with Crippen LogP contribution >= 0.6 is 11.3 Å². The fourth-order valence-electron chi connectivity index (χ4n) is 0.772. The summed E-state index contributed by atoms with van der Waals surface area (Å²) in [5, 5.41) is 10.4. The van der Waals surface area contributed by atoms with Gasteiger partial charge in [-0.25, -0.2) is 10.5 Å². The van der Waals surface area contributed by atoms with E-state index in [0.717, 1.165) is 4.88 Å². The van der Waals surface area contributed by atoms with Gasteiger partial charge in [-0.3, -0.25) is 5.21 Å². The third kappa shape index (κ3) is 2.52. The molecule has 0 unspecified atom stereocenters. The van der Waals surface area contributed by atoms with E-state index < -0.39 is 0 Å². The highest BCUT2D eigenvalue weighted by Crippen LogP contribution is 2.14. The number of guanidine groups is 1. The molecule has 1 rings (SSSR count). The molecule has 4 nitrogen and oxygen atoms in total. The summed E-state index contributed by atoms with van der Waals surface area (Å²) in [6.45, 7) is 2.54. The number of hydrogen-bond acceptors (Lipinski definition) is 3. The van der Waals surface area contributed by atoms with Crippen molar-refractivity contribution < 1.29 is 5.21 Å². The van der Waals surface area contributed by atoms with Crippen LogP contribution in [0.15, 0.2) is 16.4 Å². The van der Waals surface area contributed by atoms with Crippen molar-refractivity contribution >= 4 is 17.3 Å². The summed E-state index contributed by atoms with van der Waals surface area (Å²) < 4.78 is 0. The quantitative estimate of drug-likeness (QED) is 0.363. The fourth-order valence-corrected chi connectivity index (χ4v) is 1.57. The first kappa shape index (κ1) is 9.02. The summed E-state index contributed by atoms with van der Waals surface area (Å²) in [4.78, 5) is 5.00. The summed E-state index contributed by atoms with van der Waals surface area (Å²) in [5.41, 5.74) is 8.22. The monoisotopic (exact) mass is 185 g/mol. The molecule has 12 heavy (non-hydrogen) atoms. The lowest BCUT2D eigenvalue weighted by atomic mass is 10.3. The topological polar surface area (TPSA) is 70.6 Å². The normalized spacial score (nSPS) is 11.7. The first-order valence-corrected chi connectivity index (χ1v) is 4.34. The Bertz CT molecular complexity index is 282. The van der Waals surface area contributed by atoms with Gasteiger partial charge in [0.15, 0.2) is 0 Å². The number of nitrogens with two attached hydrogens (primary N) is 1. The standard InChI is InChI=1S/C7H11N3OS/c1-5-2-6(12-4-5)3-9-7(8)10-11/h2,4,11H,3H2,1H3,(H3,8,9,10). The number of aryl methyl sites for hydroxylation is 1. The van der Waals surface area contributed by atoms with Gasteiger partial charge in [-0.05, 0) is 23.9 Å². The Morgan fingerprint density at radius 2 is 2.58 bits per heavy atom. The lowest BCUT2D eigenvalue weighted by Gasteiger charge is -1.94. The maximum atomic E-state index is 8.32. The predicted molar refractivity (Wildman–Crippen MR) is 49.3 cm³/mol. The number of nitrogens with zero attached hydrogens (tertiary/aromatic N) is 1. The maximum absolute atomic E-state index is 8.32. The molecule has 0 aliphatic rings. The smallest absolute Gasteiger partial charge is 0.213 e. The van der Waals surface area contributed by atoms with Gasteiger partial charge in [-0.1, -0.05) is 0 Å². The van der Waals surface area contributed by atoms with Crippen molar-refractivity contribution in [2.45, 2.75) is 13.5 Å². The minimum atomic E-state index is 0.0426.